The summed E-state index contributed by atoms with van der Waals surface area (Å²) < 4.78 is 37.7. The summed E-state index contributed by atoms with van der Waals surface area (Å²) in [6, 6.07) is -1.37. The van der Waals surface area contributed by atoms with Crippen LogP contribution in [0.25, 0.3) is 0 Å². The lowest BCUT2D eigenvalue weighted by atomic mass is 10.0. The summed E-state index contributed by atoms with van der Waals surface area (Å²) in [6.07, 6.45) is 1.80. The number of hydrogen-bond donors (Lipinski definition) is 0. The van der Waals surface area contributed by atoms with Crippen LogP contribution in [-0.4, -0.2) is 29.2 Å². The van der Waals surface area contributed by atoms with Gasteiger partial charge in [0, 0.05) is 6.54 Å². The Balaban J connectivity index is 2.86. The number of halogens is 3. The average Bonchev–Trinajstić information content (AvgIpc) is 2.51. The first-order valence-corrected chi connectivity index (χ1v) is 4.60. The lowest BCUT2D eigenvalue weighted by Crippen LogP contribution is -2.51. The Morgan fingerprint density at radius 3 is 2.36 bits per heavy atom. The highest BCUT2D eigenvalue weighted by molar-refractivity contribution is 5.11. The number of alkyl halides is 3. The Morgan fingerprint density at radius 1 is 1.36 bits per heavy atom. The van der Waals surface area contributed by atoms with Gasteiger partial charge < -0.3 is 0 Å². The molecule has 0 radical (unpaired) electrons. The molecular formula is C10H14F3N. The second kappa shape index (κ2) is 3.47. The molecule has 1 fully saturated rings. The van der Waals surface area contributed by atoms with E-state index < -0.39 is 17.8 Å². The molecule has 0 bridgehead atoms. The zero-order valence-electron chi connectivity index (χ0n) is 8.36. The van der Waals surface area contributed by atoms with Crippen LogP contribution in [0.2, 0.25) is 0 Å². The number of rotatable bonds is 1. The van der Waals surface area contributed by atoms with Gasteiger partial charge in [0.15, 0.2) is 0 Å². The van der Waals surface area contributed by atoms with E-state index in [1.807, 2.05) is 0 Å². The van der Waals surface area contributed by atoms with E-state index in [0.29, 0.717) is 13.0 Å². The predicted octanol–water partition coefficient (Wildman–Crippen LogP) is 2.42. The molecule has 0 aromatic rings. The highest BCUT2D eigenvalue weighted by Gasteiger charge is 2.49. The van der Waals surface area contributed by atoms with E-state index in [2.05, 4.69) is 5.92 Å². The minimum absolute atomic E-state index is 0.161. The molecule has 1 rings (SSSR count). The monoisotopic (exact) mass is 205 g/mol. The van der Waals surface area contributed by atoms with Crippen LogP contribution in [-0.2, 0) is 0 Å². The van der Waals surface area contributed by atoms with Crippen molar-refractivity contribution in [3.63, 3.8) is 0 Å². The third kappa shape index (κ3) is 2.03. The fraction of sp³-hybridized carbons (Fsp3) is 0.800. The topological polar surface area (TPSA) is 3.24 Å². The normalized spacial score (nSPS) is 25.0. The molecule has 1 atom stereocenters. The summed E-state index contributed by atoms with van der Waals surface area (Å²) in [5.41, 5.74) is -0.809. The van der Waals surface area contributed by atoms with Crippen LogP contribution >= 0.6 is 0 Å². The second-order valence-electron chi connectivity index (χ2n) is 4.10. The smallest absolute Gasteiger partial charge is 0.276 e. The first-order valence-electron chi connectivity index (χ1n) is 4.60. The van der Waals surface area contributed by atoms with Crippen molar-refractivity contribution in [3.8, 4) is 12.3 Å². The molecule has 14 heavy (non-hydrogen) atoms. The van der Waals surface area contributed by atoms with Crippen LogP contribution < -0.4 is 0 Å². The van der Waals surface area contributed by atoms with E-state index in [0.717, 1.165) is 0 Å². The van der Waals surface area contributed by atoms with E-state index in [4.69, 9.17) is 6.42 Å². The van der Waals surface area contributed by atoms with Gasteiger partial charge in [0.25, 0.3) is 0 Å². The van der Waals surface area contributed by atoms with Crippen molar-refractivity contribution in [2.24, 2.45) is 0 Å². The minimum atomic E-state index is -4.16. The van der Waals surface area contributed by atoms with Gasteiger partial charge in [-0.15, -0.1) is 6.42 Å². The molecule has 1 unspecified atom stereocenters. The molecular weight excluding hydrogens is 191 g/mol. The van der Waals surface area contributed by atoms with E-state index in [1.165, 1.54) is 4.90 Å². The molecule has 0 aromatic carbocycles. The molecule has 0 aromatic heterocycles. The number of nitrogens with zero attached hydrogens (tertiary/aromatic N) is 1. The van der Waals surface area contributed by atoms with Crippen LogP contribution in [0.5, 0.6) is 0 Å². The second-order valence-corrected chi connectivity index (χ2v) is 4.10. The van der Waals surface area contributed by atoms with Crippen LogP contribution in [0, 0.1) is 12.3 Å². The molecule has 80 valence electrons. The first-order chi connectivity index (χ1) is 6.29. The number of likely N-dealkylation sites (tertiary alicyclic amines) is 1. The highest BCUT2D eigenvalue weighted by atomic mass is 19.4. The van der Waals surface area contributed by atoms with Gasteiger partial charge in [0.2, 0.25) is 0 Å². The summed E-state index contributed by atoms with van der Waals surface area (Å²) in [6.45, 7) is 3.73. The van der Waals surface area contributed by atoms with E-state index in [-0.39, 0.29) is 6.42 Å². The summed E-state index contributed by atoms with van der Waals surface area (Å²) in [4.78, 5) is 1.37. The van der Waals surface area contributed by atoms with Crippen molar-refractivity contribution in [3.05, 3.63) is 0 Å². The summed E-state index contributed by atoms with van der Waals surface area (Å²) in [5.74, 6) is 2.41. The van der Waals surface area contributed by atoms with Crippen LogP contribution in [0.15, 0.2) is 0 Å². The van der Waals surface area contributed by atoms with Crippen molar-refractivity contribution in [1.82, 2.24) is 4.90 Å². The van der Waals surface area contributed by atoms with Crippen molar-refractivity contribution in [2.75, 3.05) is 6.54 Å². The highest BCUT2D eigenvalue weighted by Crippen LogP contribution is 2.36. The maximum absolute atomic E-state index is 12.6. The van der Waals surface area contributed by atoms with Crippen LogP contribution in [0.1, 0.15) is 26.7 Å². The van der Waals surface area contributed by atoms with Crippen molar-refractivity contribution >= 4 is 0 Å². The molecule has 1 nitrogen and oxygen atoms in total. The van der Waals surface area contributed by atoms with Crippen molar-refractivity contribution in [2.45, 2.75) is 44.4 Å². The predicted molar refractivity (Wildman–Crippen MR) is 48.7 cm³/mol. The van der Waals surface area contributed by atoms with Gasteiger partial charge in [-0.2, -0.15) is 13.2 Å². The SMILES string of the molecule is C#CC(C)(C)N1CCCC1C(F)(F)F. The Hall–Kier alpha value is -0.690. The maximum atomic E-state index is 12.6. The Kier molecular flexibility index (Phi) is 2.82. The quantitative estimate of drug-likeness (QED) is 0.594. The molecule has 1 heterocycles. The number of hydrogen-bond acceptors (Lipinski definition) is 1. The minimum Gasteiger partial charge on any atom is -0.276 e. The summed E-state index contributed by atoms with van der Waals surface area (Å²) >= 11 is 0. The van der Waals surface area contributed by atoms with Gasteiger partial charge in [-0.05, 0) is 26.7 Å². The van der Waals surface area contributed by atoms with Gasteiger partial charge in [0.05, 0.1) is 5.54 Å². The van der Waals surface area contributed by atoms with Crippen molar-refractivity contribution in [1.29, 1.82) is 0 Å². The lowest BCUT2D eigenvalue weighted by molar-refractivity contribution is -0.183. The van der Waals surface area contributed by atoms with Gasteiger partial charge >= 0.3 is 6.18 Å². The summed E-state index contributed by atoms with van der Waals surface area (Å²) in [7, 11) is 0. The molecule has 0 aliphatic carbocycles. The van der Waals surface area contributed by atoms with Crippen molar-refractivity contribution < 1.29 is 13.2 Å². The zero-order chi connectivity index (χ0) is 11.0. The average molecular weight is 205 g/mol. The van der Waals surface area contributed by atoms with E-state index in [1.54, 1.807) is 13.8 Å². The third-order valence-electron chi connectivity index (χ3n) is 2.70. The zero-order valence-corrected chi connectivity index (χ0v) is 8.36. The molecule has 0 N–H and O–H groups in total. The Bertz CT molecular complexity index is 249. The van der Waals surface area contributed by atoms with Gasteiger partial charge in [-0.25, -0.2) is 0 Å². The molecule has 0 saturated carbocycles. The fourth-order valence-corrected chi connectivity index (χ4v) is 1.86. The molecule has 0 spiro atoms. The Morgan fingerprint density at radius 2 is 1.93 bits per heavy atom. The first kappa shape index (κ1) is 11.4. The Labute approximate surface area is 82.3 Å². The molecule has 0 amide bonds. The van der Waals surface area contributed by atoms with Gasteiger partial charge in [-0.3, -0.25) is 4.90 Å². The van der Waals surface area contributed by atoms with Gasteiger partial charge in [0.1, 0.15) is 6.04 Å². The van der Waals surface area contributed by atoms with E-state index in [9.17, 15) is 13.2 Å². The maximum Gasteiger partial charge on any atom is 0.404 e. The lowest BCUT2D eigenvalue weighted by Gasteiger charge is -2.36. The fourth-order valence-electron chi connectivity index (χ4n) is 1.86. The molecule has 4 heteroatoms. The number of terminal acetylenes is 1. The van der Waals surface area contributed by atoms with E-state index >= 15 is 0 Å². The standard InChI is InChI=1S/C10H14F3N/c1-4-9(2,3)14-7-5-6-8(14)10(11,12)13/h1,8H,5-7H2,2-3H3. The van der Waals surface area contributed by atoms with Crippen LogP contribution in [0.4, 0.5) is 13.2 Å². The third-order valence-corrected chi connectivity index (χ3v) is 2.70. The van der Waals surface area contributed by atoms with Gasteiger partial charge in [-0.1, -0.05) is 5.92 Å². The largest absolute Gasteiger partial charge is 0.404 e. The molecule has 1 aliphatic heterocycles. The molecule has 1 saturated heterocycles. The summed E-state index contributed by atoms with van der Waals surface area (Å²) in [5, 5.41) is 0. The molecule has 1 aliphatic rings. The van der Waals surface area contributed by atoms with Crippen LogP contribution in [0.3, 0.4) is 0 Å².